The molecular weight excluding hydrogens is 223 g/mol. The van der Waals surface area contributed by atoms with E-state index < -0.39 is 5.51 Å². The molecule has 76 valence electrons. The van der Waals surface area contributed by atoms with E-state index >= 15 is 0 Å². The van der Waals surface area contributed by atoms with Crippen LogP contribution in [0.25, 0.3) is 0 Å². The molecule has 0 aliphatic carbocycles. The van der Waals surface area contributed by atoms with Crippen LogP contribution in [0.1, 0.15) is 11.1 Å². The fraction of sp³-hybridized carbons (Fsp3) is 0.100. The Morgan fingerprint density at radius 3 is 2.07 bits per heavy atom. The zero-order chi connectivity index (χ0) is 11.3. The Kier molecular flexibility index (Phi) is 3.65. The molecule has 0 aromatic heterocycles. The molecule has 0 bridgehead atoms. The van der Waals surface area contributed by atoms with Gasteiger partial charge in [-0.1, -0.05) is 5.92 Å². The topological polar surface area (TPSA) is 23.8 Å². The number of nitrogens with zero attached hydrogens (tertiary/aromatic N) is 1. The van der Waals surface area contributed by atoms with Crippen LogP contribution in [0.2, 0.25) is 0 Å². The molecule has 5 heteroatoms. The van der Waals surface area contributed by atoms with Crippen molar-refractivity contribution in [2.45, 2.75) is 5.51 Å². The van der Waals surface area contributed by atoms with Gasteiger partial charge in [-0.2, -0.15) is 18.4 Å². The van der Waals surface area contributed by atoms with Crippen LogP contribution in [-0.2, 0) is 0 Å². The van der Waals surface area contributed by atoms with Gasteiger partial charge in [0.05, 0.1) is 11.6 Å². The molecule has 1 aromatic carbocycles. The number of rotatable bonds is 0. The average Bonchev–Trinajstić information content (AvgIpc) is 2.17. The molecule has 1 aromatic rings. The summed E-state index contributed by atoms with van der Waals surface area (Å²) in [5.41, 5.74) is -3.44. The molecule has 0 N–H and O–H groups in total. The van der Waals surface area contributed by atoms with Crippen molar-refractivity contribution in [3.8, 4) is 17.2 Å². The molecule has 0 spiro atoms. The summed E-state index contributed by atoms with van der Waals surface area (Å²) in [6, 6.07) is 7.91. The molecule has 1 nitrogen and oxygen atoms in total. The van der Waals surface area contributed by atoms with Crippen molar-refractivity contribution in [3.63, 3.8) is 0 Å². The third-order valence-corrected chi connectivity index (χ3v) is 1.81. The zero-order valence-corrected chi connectivity index (χ0v) is 8.12. The van der Waals surface area contributed by atoms with Crippen LogP contribution in [0.15, 0.2) is 24.3 Å². The van der Waals surface area contributed by atoms with E-state index in [1.807, 2.05) is 11.3 Å². The minimum absolute atomic E-state index is 0.388. The summed E-state index contributed by atoms with van der Waals surface area (Å²) in [4.78, 5) is 0. The predicted molar refractivity (Wildman–Crippen MR) is 51.7 cm³/mol. The molecule has 1 rings (SSSR count). The number of thioether (sulfide) groups is 1. The Hall–Kier alpha value is -1.59. The molecule has 15 heavy (non-hydrogen) atoms. The number of halogens is 3. The second-order valence-corrected chi connectivity index (χ2v) is 3.34. The standard InChI is InChI=1S/C10H4F3NS/c11-10(12,13)15-6-5-8-1-3-9(7-14)4-2-8/h1-4H. The second kappa shape index (κ2) is 4.77. The number of hydrogen-bond acceptors (Lipinski definition) is 2. The molecule has 0 saturated carbocycles. The van der Waals surface area contributed by atoms with Gasteiger partial charge in [-0.25, -0.2) is 0 Å². The summed E-state index contributed by atoms with van der Waals surface area (Å²) >= 11 is -0.388. The first kappa shape index (κ1) is 11.5. The maximum atomic E-state index is 11.7. The van der Waals surface area contributed by atoms with Crippen LogP contribution < -0.4 is 0 Å². The van der Waals surface area contributed by atoms with Crippen LogP contribution >= 0.6 is 11.8 Å². The lowest BCUT2D eigenvalue weighted by Gasteiger charge is -1.96. The minimum atomic E-state index is -4.33. The van der Waals surface area contributed by atoms with Gasteiger partial charge >= 0.3 is 5.51 Å². The van der Waals surface area contributed by atoms with Gasteiger partial charge in [-0.3, -0.25) is 0 Å². The van der Waals surface area contributed by atoms with Crippen LogP contribution in [0, 0.1) is 22.5 Å². The number of hydrogen-bond donors (Lipinski definition) is 0. The number of alkyl halides is 3. The fourth-order valence-electron chi connectivity index (χ4n) is 0.770. The predicted octanol–water partition coefficient (Wildman–Crippen LogP) is 3.12. The molecule has 0 atom stereocenters. The Labute approximate surface area is 88.9 Å². The summed E-state index contributed by atoms with van der Waals surface area (Å²) < 4.78 is 35.1. The summed E-state index contributed by atoms with van der Waals surface area (Å²) in [6.45, 7) is 0. The van der Waals surface area contributed by atoms with Crippen LogP contribution in [0.4, 0.5) is 13.2 Å². The largest absolute Gasteiger partial charge is 0.453 e. The Balaban J connectivity index is 2.70. The third kappa shape index (κ3) is 4.44. The first-order chi connectivity index (χ1) is 7.01. The highest BCUT2D eigenvalue weighted by Gasteiger charge is 2.27. The smallest absolute Gasteiger partial charge is 0.192 e. The highest BCUT2D eigenvalue weighted by atomic mass is 32.2. The van der Waals surface area contributed by atoms with Gasteiger partial charge in [0.15, 0.2) is 0 Å². The summed E-state index contributed by atoms with van der Waals surface area (Å²) in [6.07, 6.45) is 0. The molecule has 0 saturated heterocycles. The Morgan fingerprint density at radius 1 is 1.07 bits per heavy atom. The van der Waals surface area contributed by atoms with Crippen LogP contribution in [-0.4, -0.2) is 5.51 Å². The molecule has 0 heterocycles. The van der Waals surface area contributed by atoms with Gasteiger partial charge in [0.2, 0.25) is 0 Å². The van der Waals surface area contributed by atoms with Crippen LogP contribution in [0.3, 0.4) is 0 Å². The van der Waals surface area contributed by atoms with E-state index in [0.717, 1.165) is 0 Å². The number of nitriles is 1. The van der Waals surface area contributed by atoms with Gasteiger partial charge in [-0.15, -0.1) is 0 Å². The van der Waals surface area contributed by atoms with Crippen molar-refractivity contribution < 1.29 is 13.2 Å². The van der Waals surface area contributed by atoms with Gasteiger partial charge in [-0.05, 0) is 29.5 Å². The lowest BCUT2D eigenvalue weighted by molar-refractivity contribution is -0.0318. The molecule has 0 amide bonds. The lowest BCUT2D eigenvalue weighted by Crippen LogP contribution is -1.96. The van der Waals surface area contributed by atoms with E-state index in [9.17, 15) is 13.2 Å². The first-order valence-corrected chi connectivity index (χ1v) is 4.59. The van der Waals surface area contributed by atoms with E-state index in [-0.39, 0.29) is 11.8 Å². The van der Waals surface area contributed by atoms with Crippen molar-refractivity contribution in [1.82, 2.24) is 0 Å². The van der Waals surface area contributed by atoms with Crippen molar-refractivity contribution in [2.24, 2.45) is 0 Å². The molecule has 0 unspecified atom stereocenters. The Morgan fingerprint density at radius 2 is 1.60 bits per heavy atom. The van der Waals surface area contributed by atoms with Crippen molar-refractivity contribution in [1.29, 1.82) is 5.26 Å². The van der Waals surface area contributed by atoms with Gasteiger partial charge in [0, 0.05) is 17.3 Å². The van der Waals surface area contributed by atoms with E-state index in [1.165, 1.54) is 24.3 Å². The van der Waals surface area contributed by atoms with E-state index in [0.29, 0.717) is 11.1 Å². The molecule has 0 radical (unpaired) electrons. The lowest BCUT2D eigenvalue weighted by atomic mass is 10.2. The van der Waals surface area contributed by atoms with Crippen molar-refractivity contribution >= 4 is 11.8 Å². The Bertz CT molecular complexity index is 431. The molecule has 0 fully saturated rings. The molecular formula is C10H4F3NS. The summed E-state index contributed by atoms with van der Waals surface area (Å²) in [5.74, 6) is 2.34. The number of benzene rings is 1. The fourth-order valence-corrected chi connectivity index (χ4v) is 1.06. The van der Waals surface area contributed by atoms with E-state index in [2.05, 4.69) is 5.92 Å². The summed E-state index contributed by atoms with van der Waals surface area (Å²) in [5, 5.41) is 10.4. The third-order valence-electron chi connectivity index (χ3n) is 1.38. The maximum Gasteiger partial charge on any atom is 0.453 e. The van der Waals surface area contributed by atoms with E-state index in [1.54, 1.807) is 0 Å². The first-order valence-electron chi connectivity index (χ1n) is 3.77. The van der Waals surface area contributed by atoms with Crippen molar-refractivity contribution in [2.75, 3.05) is 0 Å². The summed E-state index contributed by atoms with van der Waals surface area (Å²) in [7, 11) is 0. The monoisotopic (exact) mass is 227 g/mol. The van der Waals surface area contributed by atoms with Gasteiger partial charge in [0.1, 0.15) is 0 Å². The normalized spacial score (nSPS) is 10.0. The maximum absolute atomic E-state index is 11.7. The zero-order valence-electron chi connectivity index (χ0n) is 7.30. The quantitative estimate of drug-likeness (QED) is 0.636. The van der Waals surface area contributed by atoms with Crippen molar-refractivity contribution in [3.05, 3.63) is 35.4 Å². The highest BCUT2D eigenvalue weighted by Crippen LogP contribution is 2.28. The molecule has 0 aliphatic heterocycles. The van der Waals surface area contributed by atoms with Gasteiger partial charge < -0.3 is 0 Å². The van der Waals surface area contributed by atoms with Crippen LogP contribution in [0.5, 0.6) is 0 Å². The minimum Gasteiger partial charge on any atom is -0.192 e. The molecule has 0 aliphatic rings. The highest BCUT2D eigenvalue weighted by molar-refractivity contribution is 8.04. The van der Waals surface area contributed by atoms with Gasteiger partial charge in [0.25, 0.3) is 0 Å². The SMILES string of the molecule is N#Cc1ccc(C#CSC(F)(F)F)cc1. The second-order valence-electron chi connectivity index (χ2n) is 2.46. The van der Waals surface area contributed by atoms with E-state index in [4.69, 9.17) is 5.26 Å². The average molecular weight is 227 g/mol.